The SMILES string of the molecule is CCOC(=O)[C@H]1C[C@]2(C)[C@H](CC[C@H]3[C@H]2CC=C(C)[C@@H]3OCOC)C(CCCO[Si](C(C)C)(C(C)C)C(C)C)=C1CCCOCc1ccc(OC)cc1. The van der Waals surface area contributed by atoms with Gasteiger partial charge < -0.3 is 28.1 Å². The van der Waals surface area contributed by atoms with Gasteiger partial charge >= 0.3 is 5.97 Å². The molecule has 0 heterocycles. The summed E-state index contributed by atoms with van der Waals surface area (Å²) in [6.45, 7) is 23.5. The molecular formula is C44H72O7Si. The fourth-order valence-electron chi connectivity index (χ4n) is 10.9. The van der Waals surface area contributed by atoms with Gasteiger partial charge in [0.15, 0.2) is 8.32 Å². The Kier molecular flexibility index (Phi) is 16.1. The Labute approximate surface area is 317 Å². The molecule has 0 bridgehead atoms. The van der Waals surface area contributed by atoms with Gasteiger partial charge in [-0.3, -0.25) is 4.79 Å². The van der Waals surface area contributed by atoms with Crippen LogP contribution in [0, 0.1) is 29.1 Å². The summed E-state index contributed by atoms with van der Waals surface area (Å²) < 4.78 is 36.2. The minimum Gasteiger partial charge on any atom is -0.497 e. The molecule has 6 atom stereocenters. The number of hydrogen-bond donors (Lipinski definition) is 0. The van der Waals surface area contributed by atoms with E-state index < -0.39 is 8.32 Å². The van der Waals surface area contributed by atoms with E-state index in [-0.39, 0.29) is 23.4 Å². The fraction of sp³-hybridized carbons (Fsp3) is 0.750. The fourth-order valence-corrected chi connectivity index (χ4v) is 16.4. The van der Waals surface area contributed by atoms with Crippen LogP contribution in [-0.4, -0.2) is 61.2 Å². The summed E-state index contributed by atoms with van der Waals surface area (Å²) in [7, 11) is 1.40. The number of benzene rings is 1. The summed E-state index contributed by atoms with van der Waals surface area (Å²) in [5, 5.41) is 0. The lowest BCUT2D eigenvalue weighted by Gasteiger charge is -2.58. The molecule has 294 valence electrons. The molecule has 1 saturated carbocycles. The van der Waals surface area contributed by atoms with Gasteiger partial charge in [0.1, 0.15) is 12.5 Å². The van der Waals surface area contributed by atoms with E-state index in [4.69, 9.17) is 28.1 Å². The number of fused-ring (bicyclic) bond motifs is 3. The normalized spacial score (nSPS) is 26.4. The van der Waals surface area contributed by atoms with E-state index in [1.807, 2.05) is 19.1 Å². The molecule has 0 unspecified atom stereocenters. The Morgan fingerprint density at radius 3 is 2.19 bits per heavy atom. The molecular weight excluding hydrogens is 669 g/mol. The number of methoxy groups -OCH3 is 2. The monoisotopic (exact) mass is 741 g/mol. The second kappa shape index (κ2) is 19.6. The van der Waals surface area contributed by atoms with Gasteiger partial charge in [0.05, 0.1) is 32.3 Å². The molecule has 0 radical (unpaired) electrons. The highest BCUT2D eigenvalue weighted by Gasteiger charge is 2.56. The Balaban J connectivity index is 1.63. The van der Waals surface area contributed by atoms with E-state index in [0.717, 1.165) is 69.3 Å². The van der Waals surface area contributed by atoms with Crippen molar-refractivity contribution >= 4 is 14.3 Å². The zero-order valence-corrected chi connectivity index (χ0v) is 35.6. The second-order valence-corrected chi connectivity index (χ2v) is 22.4. The van der Waals surface area contributed by atoms with Gasteiger partial charge in [-0.05, 0) is 128 Å². The molecule has 0 aromatic heterocycles. The van der Waals surface area contributed by atoms with Crippen molar-refractivity contribution in [1.29, 1.82) is 0 Å². The Morgan fingerprint density at radius 1 is 0.923 bits per heavy atom. The maximum absolute atomic E-state index is 14.0. The highest BCUT2D eigenvalue weighted by Crippen LogP contribution is 2.62. The number of hydrogen-bond acceptors (Lipinski definition) is 7. The van der Waals surface area contributed by atoms with Crippen LogP contribution in [-0.2, 0) is 34.8 Å². The van der Waals surface area contributed by atoms with Gasteiger partial charge in [-0.15, -0.1) is 0 Å². The van der Waals surface area contributed by atoms with Gasteiger partial charge in [0.25, 0.3) is 0 Å². The number of esters is 1. The van der Waals surface area contributed by atoms with Crippen LogP contribution in [0.25, 0.3) is 0 Å². The first kappa shape index (κ1) is 42.8. The molecule has 8 heteroatoms. The lowest BCUT2D eigenvalue weighted by molar-refractivity contribution is -0.152. The predicted molar refractivity (Wildman–Crippen MR) is 213 cm³/mol. The van der Waals surface area contributed by atoms with Crippen LogP contribution in [0.4, 0.5) is 0 Å². The number of carbonyl (C=O) groups is 1. The first-order valence-corrected chi connectivity index (χ1v) is 22.5. The first-order chi connectivity index (χ1) is 24.8. The predicted octanol–water partition coefficient (Wildman–Crippen LogP) is 10.8. The molecule has 7 nitrogen and oxygen atoms in total. The molecule has 1 aromatic carbocycles. The quantitative estimate of drug-likeness (QED) is 0.0433. The van der Waals surface area contributed by atoms with Crippen LogP contribution >= 0.6 is 0 Å². The third-order valence-corrected chi connectivity index (χ3v) is 19.2. The Morgan fingerprint density at radius 2 is 1.58 bits per heavy atom. The average Bonchev–Trinajstić information content (AvgIpc) is 3.11. The highest BCUT2D eigenvalue weighted by molar-refractivity contribution is 6.77. The van der Waals surface area contributed by atoms with E-state index in [1.54, 1.807) is 14.2 Å². The number of ether oxygens (including phenoxy) is 5. The van der Waals surface area contributed by atoms with Crippen molar-refractivity contribution in [2.75, 3.05) is 40.8 Å². The summed E-state index contributed by atoms with van der Waals surface area (Å²) in [4.78, 5) is 14.0. The van der Waals surface area contributed by atoms with Crippen molar-refractivity contribution in [1.82, 2.24) is 0 Å². The molecule has 3 aliphatic rings. The standard InChI is InChI=1S/C44H72O7Si/c1-12-49-43(45)39-27-44(9)40(24-22-38-41(44)23-17-33(8)42(38)50-29-46-10)37(16-14-26-51-52(30(2)3,31(4)5)32(6)7)36(39)15-13-25-48-28-34-18-20-35(47-11)21-19-34/h17-21,30-32,38-42H,12-16,22-29H2,1-11H3/t38-,39-,40+,41+,42-,44+/m0/s1. The lowest BCUT2D eigenvalue weighted by atomic mass is 9.47. The first-order valence-electron chi connectivity index (χ1n) is 20.4. The van der Waals surface area contributed by atoms with Gasteiger partial charge in [-0.2, -0.15) is 0 Å². The van der Waals surface area contributed by atoms with Crippen molar-refractivity contribution in [2.45, 2.75) is 143 Å². The molecule has 0 spiro atoms. The number of rotatable bonds is 20. The van der Waals surface area contributed by atoms with Crippen molar-refractivity contribution in [2.24, 2.45) is 29.1 Å². The topological polar surface area (TPSA) is 72.5 Å². The molecule has 1 fully saturated rings. The van der Waals surface area contributed by atoms with E-state index in [1.165, 1.54) is 16.7 Å². The van der Waals surface area contributed by atoms with Crippen molar-refractivity contribution in [3.63, 3.8) is 0 Å². The highest BCUT2D eigenvalue weighted by atomic mass is 28.4. The molecule has 4 rings (SSSR count). The van der Waals surface area contributed by atoms with Crippen LogP contribution < -0.4 is 4.74 Å². The maximum Gasteiger partial charge on any atom is 0.313 e. The summed E-state index contributed by atoms with van der Waals surface area (Å²) in [6.07, 6.45) is 10.2. The largest absolute Gasteiger partial charge is 0.497 e. The third kappa shape index (κ3) is 9.45. The number of allylic oxidation sites excluding steroid dienone is 2. The molecule has 0 aliphatic heterocycles. The van der Waals surface area contributed by atoms with E-state index in [2.05, 4.69) is 73.6 Å². The minimum absolute atomic E-state index is 0.0386. The Hall–Kier alpha value is -1.97. The smallest absolute Gasteiger partial charge is 0.313 e. The van der Waals surface area contributed by atoms with Crippen LogP contribution in [0.3, 0.4) is 0 Å². The van der Waals surface area contributed by atoms with Crippen molar-refractivity contribution < 1.29 is 32.9 Å². The molecule has 0 N–H and O–H groups in total. The molecule has 3 aliphatic carbocycles. The third-order valence-electron chi connectivity index (χ3n) is 13.1. The molecule has 52 heavy (non-hydrogen) atoms. The molecule has 1 aromatic rings. The minimum atomic E-state index is -1.98. The van der Waals surface area contributed by atoms with Crippen LogP contribution in [0.5, 0.6) is 5.75 Å². The zero-order valence-electron chi connectivity index (χ0n) is 34.6. The number of carbonyl (C=O) groups excluding carboxylic acids is 1. The average molecular weight is 741 g/mol. The van der Waals surface area contributed by atoms with Crippen LogP contribution in [0.15, 0.2) is 47.1 Å². The second-order valence-electron chi connectivity index (χ2n) is 16.9. The summed E-state index contributed by atoms with van der Waals surface area (Å²) in [6, 6.07) is 8.06. The van der Waals surface area contributed by atoms with Crippen molar-refractivity contribution in [3.8, 4) is 5.75 Å². The summed E-state index contributed by atoms with van der Waals surface area (Å²) >= 11 is 0. The summed E-state index contributed by atoms with van der Waals surface area (Å²) in [5.41, 5.74) is 6.90. The van der Waals surface area contributed by atoms with E-state index in [0.29, 0.717) is 61.0 Å². The Bertz CT molecular complexity index is 1310. The van der Waals surface area contributed by atoms with Gasteiger partial charge in [-0.1, -0.05) is 77.8 Å². The van der Waals surface area contributed by atoms with E-state index >= 15 is 0 Å². The summed E-state index contributed by atoms with van der Waals surface area (Å²) in [5.74, 6) is 1.81. The molecule has 0 saturated heterocycles. The molecule has 0 amide bonds. The van der Waals surface area contributed by atoms with Crippen molar-refractivity contribution in [3.05, 3.63) is 52.6 Å². The van der Waals surface area contributed by atoms with Gasteiger partial charge in [-0.25, -0.2) is 0 Å². The lowest BCUT2D eigenvalue weighted by Crippen LogP contribution is -2.53. The van der Waals surface area contributed by atoms with E-state index in [9.17, 15) is 4.79 Å². The van der Waals surface area contributed by atoms with Gasteiger partial charge in [0.2, 0.25) is 0 Å². The van der Waals surface area contributed by atoms with Crippen LogP contribution in [0.1, 0.15) is 119 Å². The maximum atomic E-state index is 14.0. The zero-order chi connectivity index (χ0) is 38.1. The van der Waals surface area contributed by atoms with Gasteiger partial charge in [0, 0.05) is 20.3 Å². The van der Waals surface area contributed by atoms with Crippen LogP contribution in [0.2, 0.25) is 16.6 Å².